The number of aromatic nitrogens is 2. The number of phosphoric acid groups is 2. The number of nitrogens with one attached hydrogen (secondary N) is 1. The maximum atomic E-state index is 12.8. The third-order valence-electron chi connectivity index (χ3n) is 8.37. The van der Waals surface area contributed by atoms with E-state index in [2.05, 4.69) is 21.9 Å². The lowest BCUT2D eigenvalue weighted by Gasteiger charge is -2.28. The maximum Gasteiger partial charge on any atom is 0.483 e. The maximum absolute atomic E-state index is 12.8. The monoisotopic (exact) mass is 691 g/mol. The number of azide groups is 1. The van der Waals surface area contributed by atoms with E-state index >= 15 is 0 Å². The highest BCUT2D eigenvalue weighted by Gasteiger charge is 2.44. The molecular weight excluding hydrogens is 640 g/mol. The molecule has 0 saturated carbocycles. The van der Waals surface area contributed by atoms with E-state index in [0.717, 1.165) is 23.8 Å². The molecule has 0 aromatic carbocycles. The number of phosphoric ester groups is 2. The van der Waals surface area contributed by atoms with Crippen LogP contribution in [0.3, 0.4) is 0 Å². The van der Waals surface area contributed by atoms with Gasteiger partial charge in [0.15, 0.2) is 0 Å². The quantitative estimate of drug-likeness (QED) is 0.0401. The number of rotatable bonds is 22. The van der Waals surface area contributed by atoms with E-state index in [-0.39, 0.29) is 31.1 Å². The van der Waals surface area contributed by atoms with Gasteiger partial charge in [-0.25, -0.2) is 13.9 Å². The summed E-state index contributed by atoms with van der Waals surface area (Å²) in [7, 11) is -9.31. The third kappa shape index (κ3) is 13.4. The minimum absolute atomic E-state index is 0.00427. The zero-order valence-corrected chi connectivity index (χ0v) is 28.9. The van der Waals surface area contributed by atoms with Crippen LogP contribution in [0.25, 0.3) is 10.4 Å². The largest absolute Gasteiger partial charge is 0.483 e. The summed E-state index contributed by atoms with van der Waals surface area (Å²) in [6.45, 7) is 3.29. The molecule has 1 aromatic heterocycles. The number of ether oxygens (including phenoxy) is 1. The van der Waals surface area contributed by atoms with Crippen LogP contribution in [0.5, 0.6) is 0 Å². The molecule has 2 aliphatic heterocycles. The van der Waals surface area contributed by atoms with Crippen molar-refractivity contribution in [1.29, 1.82) is 0 Å². The predicted octanol–water partition coefficient (Wildman–Crippen LogP) is 7.59. The molecule has 46 heavy (non-hydrogen) atoms. The van der Waals surface area contributed by atoms with E-state index < -0.39 is 51.9 Å². The minimum atomic E-state index is -4.96. The van der Waals surface area contributed by atoms with Crippen LogP contribution in [0, 0.1) is 12.8 Å². The van der Waals surface area contributed by atoms with Gasteiger partial charge >= 0.3 is 21.3 Å². The van der Waals surface area contributed by atoms with Gasteiger partial charge in [-0.2, -0.15) is 4.31 Å². The average Bonchev–Trinajstić information content (AvgIpc) is 3.41. The normalized spacial score (nSPS) is 26.1. The molecular formula is C29H51N5O10P2. The number of H-pyrrole nitrogens is 1. The highest BCUT2D eigenvalue weighted by Crippen LogP contribution is 2.65. The van der Waals surface area contributed by atoms with Gasteiger partial charge in [-0.05, 0) is 18.9 Å². The number of nitrogens with zero attached hydrogens (tertiary/aromatic N) is 4. The summed E-state index contributed by atoms with van der Waals surface area (Å²) in [6.07, 6.45) is 18.0. The molecule has 3 rings (SSSR count). The smallest absolute Gasteiger partial charge is 0.352 e. The molecule has 1 unspecified atom stereocenters. The van der Waals surface area contributed by atoms with Crippen molar-refractivity contribution in [1.82, 2.24) is 9.55 Å². The predicted molar refractivity (Wildman–Crippen MR) is 172 cm³/mol. The Balaban J connectivity index is 1.31. The number of aryl methyl sites for hydroxylation is 1. The van der Waals surface area contributed by atoms with Gasteiger partial charge in [-0.15, -0.1) is 0 Å². The molecule has 0 amide bonds. The van der Waals surface area contributed by atoms with Crippen LogP contribution >= 0.6 is 15.6 Å². The molecule has 0 bridgehead atoms. The van der Waals surface area contributed by atoms with Gasteiger partial charge in [0.25, 0.3) is 5.56 Å². The lowest BCUT2D eigenvalue weighted by Crippen LogP contribution is -2.33. The van der Waals surface area contributed by atoms with Crippen LogP contribution in [-0.2, 0) is 31.7 Å². The second kappa shape index (κ2) is 19.9. The van der Waals surface area contributed by atoms with Crippen LogP contribution in [0.4, 0.5) is 0 Å². The molecule has 0 spiro atoms. The molecule has 15 nitrogen and oxygen atoms in total. The van der Waals surface area contributed by atoms with E-state index in [1.165, 1.54) is 90.2 Å². The summed E-state index contributed by atoms with van der Waals surface area (Å²) in [4.78, 5) is 39.1. The first-order valence-electron chi connectivity index (χ1n) is 16.7. The topological polar surface area (TPSA) is 204 Å². The van der Waals surface area contributed by atoms with Crippen LogP contribution in [0.1, 0.15) is 121 Å². The highest BCUT2D eigenvalue weighted by atomic mass is 31.3. The first-order chi connectivity index (χ1) is 22.1. The van der Waals surface area contributed by atoms with Crippen molar-refractivity contribution in [2.24, 2.45) is 11.0 Å². The number of aromatic amines is 1. The summed E-state index contributed by atoms with van der Waals surface area (Å²) in [6, 6.07) is -0.872. The van der Waals surface area contributed by atoms with Crippen LogP contribution in [0.15, 0.2) is 20.9 Å². The first-order valence-corrected chi connectivity index (χ1v) is 19.6. The van der Waals surface area contributed by atoms with Crippen molar-refractivity contribution in [3.63, 3.8) is 0 Å². The van der Waals surface area contributed by atoms with E-state index in [4.69, 9.17) is 28.1 Å². The summed E-state index contributed by atoms with van der Waals surface area (Å²) in [5.41, 5.74) is 7.92. The van der Waals surface area contributed by atoms with E-state index in [9.17, 15) is 23.6 Å². The van der Waals surface area contributed by atoms with Gasteiger partial charge < -0.3 is 9.63 Å². The van der Waals surface area contributed by atoms with Gasteiger partial charge in [-0.3, -0.25) is 27.9 Å². The Hall–Kier alpha value is -1.79. The second-order valence-electron chi connectivity index (χ2n) is 12.3. The van der Waals surface area contributed by atoms with Crippen molar-refractivity contribution in [3.05, 3.63) is 43.0 Å². The first kappa shape index (κ1) is 38.7. The molecule has 0 radical (unpaired) electrons. The Morgan fingerprint density at radius 1 is 1.04 bits per heavy atom. The van der Waals surface area contributed by atoms with Gasteiger partial charge in [0.2, 0.25) is 0 Å². The van der Waals surface area contributed by atoms with Crippen molar-refractivity contribution in [2.45, 2.75) is 135 Å². The Morgan fingerprint density at radius 2 is 1.61 bits per heavy atom. The summed E-state index contributed by atoms with van der Waals surface area (Å²) < 4.78 is 52.7. The molecule has 2 fully saturated rings. The fourth-order valence-corrected chi connectivity index (χ4v) is 8.43. The molecule has 2 N–H and O–H groups in total. The van der Waals surface area contributed by atoms with Crippen molar-refractivity contribution in [2.75, 3.05) is 19.8 Å². The molecule has 262 valence electrons. The zero-order chi connectivity index (χ0) is 33.4. The fraction of sp³-hybridized carbons (Fsp3) is 0.862. The number of hydrogen-bond donors (Lipinski definition) is 2. The van der Waals surface area contributed by atoms with Crippen molar-refractivity contribution >= 4 is 15.6 Å². The minimum Gasteiger partial charge on any atom is -0.352 e. The van der Waals surface area contributed by atoms with Gasteiger partial charge in [-0.1, -0.05) is 102 Å². The summed E-state index contributed by atoms with van der Waals surface area (Å²) >= 11 is 0. The lowest BCUT2D eigenvalue weighted by molar-refractivity contribution is -0.0278. The van der Waals surface area contributed by atoms with Gasteiger partial charge in [0.1, 0.15) is 6.23 Å². The molecule has 4 atom stereocenters. The summed E-state index contributed by atoms with van der Waals surface area (Å²) in [5.74, 6) is -0.00427. The molecule has 1 aromatic rings. The zero-order valence-electron chi connectivity index (χ0n) is 27.1. The standard InChI is InChI=1S/C29H51N5O10P2/c1-3-4-5-6-7-8-9-10-11-12-13-14-15-16-17-24-20-41-46(39,42-21-24)44-45(37,38)40-22-26-25(32-33-30)18-27(43-26)34-19-23(2)28(35)31-29(34)36/h19,24-27H,3-18,20-22H2,1-2H3,(H,37,38)(H,31,35,36)/t24?,25-,26-,27-,46?/m1/s1. The SMILES string of the molecule is CCCCCCCCCCCCCCCCC1COP(=O)(OP(=O)(O)OC[C@H]2O[C@@H](n3cc(C)c(=O)[nH]c3=O)C[C@H]2N=[N+]=[N-])OC1. The average molecular weight is 692 g/mol. The number of hydrogen-bond acceptors (Lipinski definition) is 10. The highest BCUT2D eigenvalue weighted by molar-refractivity contribution is 7.61. The van der Waals surface area contributed by atoms with E-state index in [1.54, 1.807) is 0 Å². The van der Waals surface area contributed by atoms with Crippen molar-refractivity contribution < 1.29 is 36.6 Å². The Morgan fingerprint density at radius 3 is 2.17 bits per heavy atom. The molecule has 17 heteroatoms. The van der Waals surface area contributed by atoms with Gasteiger partial charge in [0, 0.05) is 29.0 Å². The summed E-state index contributed by atoms with van der Waals surface area (Å²) in [5, 5.41) is 3.63. The fourth-order valence-electron chi connectivity index (χ4n) is 5.66. The molecule has 2 aliphatic rings. The Bertz CT molecular complexity index is 1320. The molecule has 0 aliphatic carbocycles. The van der Waals surface area contributed by atoms with E-state index in [0.29, 0.717) is 0 Å². The van der Waals surface area contributed by atoms with E-state index in [1.807, 2.05) is 0 Å². The van der Waals surface area contributed by atoms with Crippen molar-refractivity contribution in [3.8, 4) is 0 Å². The lowest BCUT2D eigenvalue weighted by atomic mass is 10.0. The van der Waals surface area contributed by atoms with Crippen LogP contribution in [0.2, 0.25) is 0 Å². The Labute approximate surface area is 270 Å². The second-order valence-corrected chi connectivity index (χ2v) is 15.5. The Kier molecular flexibility index (Phi) is 16.7. The third-order valence-corrected chi connectivity index (χ3v) is 11.4. The molecule has 3 heterocycles. The van der Waals surface area contributed by atoms with Gasteiger partial charge in [0.05, 0.1) is 32.0 Å². The van der Waals surface area contributed by atoms with Crippen LogP contribution < -0.4 is 11.2 Å². The molecule has 2 saturated heterocycles. The number of unbranched alkanes of at least 4 members (excludes halogenated alkanes) is 13. The van der Waals surface area contributed by atoms with Crippen LogP contribution in [-0.4, -0.2) is 46.4 Å².